The summed E-state index contributed by atoms with van der Waals surface area (Å²) < 4.78 is 5.46. The smallest absolute Gasteiger partial charge is 0.216 e. The van der Waals surface area contributed by atoms with Gasteiger partial charge in [-0.15, -0.1) is 0 Å². The van der Waals surface area contributed by atoms with Crippen LogP contribution >= 0.6 is 0 Å². The van der Waals surface area contributed by atoms with Gasteiger partial charge < -0.3 is 10.5 Å². The van der Waals surface area contributed by atoms with Crippen molar-refractivity contribution >= 4 is 5.78 Å². The van der Waals surface area contributed by atoms with Crippen LogP contribution in [-0.2, 0) is 6.42 Å². The number of rotatable bonds is 2. The molecule has 3 nitrogen and oxygen atoms in total. The van der Waals surface area contributed by atoms with Gasteiger partial charge in [-0.2, -0.15) is 0 Å². The molecule has 3 heteroatoms. The lowest BCUT2D eigenvalue weighted by atomic mass is 10.0. The zero-order valence-corrected chi connectivity index (χ0v) is 8.08. The van der Waals surface area contributed by atoms with Gasteiger partial charge in [0.2, 0.25) is 5.78 Å². The number of Topliss-reactive ketones (excluding diaryl/α,β-unsaturated/α-hetero) is 1. The maximum absolute atomic E-state index is 11.4. The third kappa shape index (κ3) is 1.63. The van der Waals surface area contributed by atoms with Crippen molar-refractivity contribution in [2.24, 2.45) is 0 Å². The fourth-order valence-electron chi connectivity index (χ4n) is 1.68. The van der Waals surface area contributed by atoms with E-state index >= 15 is 0 Å². The molecule has 3 N–H and O–H groups in total. The van der Waals surface area contributed by atoms with E-state index in [-0.39, 0.29) is 5.78 Å². The molecule has 0 radical (unpaired) electrons. The average Bonchev–Trinajstić information content (AvgIpc) is 2.27. The first-order valence-corrected chi connectivity index (χ1v) is 4.89. The molecule has 1 heterocycles. The molecule has 1 aliphatic rings. The second kappa shape index (κ2) is 3.80. The summed E-state index contributed by atoms with van der Waals surface area (Å²) in [5.41, 5.74) is 5.50. The summed E-state index contributed by atoms with van der Waals surface area (Å²) in [5, 5.41) is 0. The first kappa shape index (κ1) is 9.21. The van der Waals surface area contributed by atoms with Crippen LogP contribution in [0.25, 0.3) is 0 Å². The molecule has 0 aromatic heterocycles. The molecule has 0 atom stereocenters. The standard InChI is InChI=1S/C11H13NO2/c12-7-10(13)8-3-4-11-9(6-8)2-1-5-14-11/h3-4,6H,1-2,5,7,12H2/p+1. The molecule has 0 unspecified atom stereocenters. The number of hydrogen-bond donors (Lipinski definition) is 1. The van der Waals surface area contributed by atoms with Gasteiger partial charge in [-0.25, -0.2) is 0 Å². The van der Waals surface area contributed by atoms with E-state index in [0.717, 1.165) is 36.3 Å². The summed E-state index contributed by atoms with van der Waals surface area (Å²) in [5.74, 6) is 1.02. The van der Waals surface area contributed by atoms with Crippen molar-refractivity contribution in [2.75, 3.05) is 13.2 Å². The lowest BCUT2D eigenvalue weighted by Gasteiger charge is -2.17. The van der Waals surface area contributed by atoms with Crippen molar-refractivity contribution in [3.8, 4) is 5.75 Å². The number of hydrogen-bond acceptors (Lipinski definition) is 2. The van der Waals surface area contributed by atoms with Gasteiger partial charge in [0, 0.05) is 5.56 Å². The third-order valence-corrected chi connectivity index (χ3v) is 2.46. The van der Waals surface area contributed by atoms with E-state index in [1.165, 1.54) is 0 Å². The van der Waals surface area contributed by atoms with Gasteiger partial charge >= 0.3 is 0 Å². The molecule has 1 aliphatic heterocycles. The van der Waals surface area contributed by atoms with E-state index in [1.807, 2.05) is 18.2 Å². The molecular weight excluding hydrogens is 178 g/mol. The predicted molar refractivity (Wildman–Crippen MR) is 52.3 cm³/mol. The third-order valence-electron chi connectivity index (χ3n) is 2.46. The monoisotopic (exact) mass is 192 g/mol. The van der Waals surface area contributed by atoms with Crippen molar-refractivity contribution in [3.05, 3.63) is 29.3 Å². The van der Waals surface area contributed by atoms with Crippen LogP contribution < -0.4 is 10.5 Å². The van der Waals surface area contributed by atoms with Gasteiger partial charge in [0.25, 0.3) is 0 Å². The Labute approximate surface area is 82.9 Å². The molecule has 0 spiro atoms. The minimum absolute atomic E-state index is 0.0957. The summed E-state index contributed by atoms with van der Waals surface area (Å²) in [7, 11) is 0. The highest BCUT2D eigenvalue weighted by Crippen LogP contribution is 2.25. The second-order valence-corrected chi connectivity index (χ2v) is 3.45. The molecule has 0 bridgehead atoms. The lowest BCUT2D eigenvalue weighted by Crippen LogP contribution is -2.54. The minimum Gasteiger partial charge on any atom is -0.493 e. The highest BCUT2D eigenvalue weighted by Gasteiger charge is 2.13. The van der Waals surface area contributed by atoms with Crippen molar-refractivity contribution < 1.29 is 15.3 Å². The summed E-state index contributed by atoms with van der Waals surface area (Å²) in [6, 6.07) is 5.64. The topological polar surface area (TPSA) is 53.9 Å². The quantitative estimate of drug-likeness (QED) is 0.691. The Balaban J connectivity index is 2.33. The maximum atomic E-state index is 11.4. The highest BCUT2D eigenvalue weighted by atomic mass is 16.5. The van der Waals surface area contributed by atoms with Gasteiger partial charge in [-0.3, -0.25) is 4.79 Å². The van der Waals surface area contributed by atoms with E-state index in [2.05, 4.69) is 5.73 Å². The molecule has 0 saturated carbocycles. The van der Waals surface area contributed by atoms with Crippen molar-refractivity contribution in [1.29, 1.82) is 0 Å². The SMILES string of the molecule is [NH3+]CC(=O)c1ccc2c(c1)CCCO2. The van der Waals surface area contributed by atoms with Gasteiger partial charge in [0.1, 0.15) is 12.3 Å². The van der Waals surface area contributed by atoms with Gasteiger partial charge in [0.05, 0.1) is 6.61 Å². The van der Waals surface area contributed by atoms with Crippen LogP contribution in [0.3, 0.4) is 0 Å². The molecule has 0 aliphatic carbocycles. The number of aryl methyl sites for hydroxylation is 1. The minimum atomic E-state index is 0.0957. The normalized spacial score (nSPS) is 14.4. The fourth-order valence-corrected chi connectivity index (χ4v) is 1.68. The lowest BCUT2D eigenvalue weighted by molar-refractivity contribution is -0.349. The number of fused-ring (bicyclic) bond motifs is 1. The summed E-state index contributed by atoms with van der Waals surface area (Å²) in [4.78, 5) is 11.4. The van der Waals surface area contributed by atoms with Gasteiger partial charge in [-0.05, 0) is 36.6 Å². The van der Waals surface area contributed by atoms with Crippen LogP contribution in [0.2, 0.25) is 0 Å². The predicted octanol–water partition coefficient (Wildman–Crippen LogP) is 0.436. The Morgan fingerprint density at radius 1 is 1.50 bits per heavy atom. The molecule has 74 valence electrons. The molecule has 1 aromatic carbocycles. The molecule has 14 heavy (non-hydrogen) atoms. The van der Waals surface area contributed by atoms with Crippen LogP contribution in [0.5, 0.6) is 5.75 Å². The zero-order valence-electron chi connectivity index (χ0n) is 8.08. The molecule has 0 amide bonds. The summed E-state index contributed by atoms with van der Waals surface area (Å²) in [6.07, 6.45) is 2.04. The second-order valence-electron chi connectivity index (χ2n) is 3.45. The first-order chi connectivity index (χ1) is 6.81. The molecule has 0 fully saturated rings. The van der Waals surface area contributed by atoms with Crippen LogP contribution in [0.15, 0.2) is 18.2 Å². The van der Waals surface area contributed by atoms with Crippen LogP contribution in [-0.4, -0.2) is 18.9 Å². The van der Waals surface area contributed by atoms with Gasteiger partial charge in [0.15, 0.2) is 0 Å². The zero-order chi connectivity index (χ0) is 9.97. The Bertz CT molecular complexity index is 360. The molecular formula is C11H14NO2+. The van der Waals surface area contributed by atoms with Crippen LogP contribution in [0.4, 0.5) is 0 Å². The first-order valence-electron chi connectivity index (χ1n) is 4.89. The van der Waals surface area contributed by atoms with E-state index in [1.54, 1.807) is 0 Å². The Kier molecular flexibility index (Phi) is 2.50. The van der Waals surface area contributed by atoms with Crippen molar-refractivity contribution in [3.63, 3.8) is 0 Å². The van der Waals surface area contributed by atoms with E-state index in [4.69, 9.17) is 4.74 Å². The van der Waals surface area contributed by atoms with E-state index in [0.29, 0.717) is 6.54 Å². The summed E-state index contributed by atoms with van der Waals surface area (Å²) in [6.45, 7) is 1.11. The Morgan fingerprint density at radius 3 is 3.14 bits per heavy atom. The molecule has 0 saturated heterocycles. The average molecular weight is 192 g/mol. The summed E-state index contributed by atoms with van der Waals surface area (Å²) >= 11 is 0. The van der Waals surface area contributed by atoms with Crippen LogP contribution in [0, 0.1) is 0 Å². The Morgan fingerprint density at radius 2 is 2.36 bits per heavy atom. The number of benzene rings is 1. The maximum Gasteiger partial charge on any atom is 0.216 e. The molecule has 2 rings (SSSR count). The highest BCUT2D eigenvalue weighted by molar-refractivity contribution is 5.97. The number of ketones is 1. The number of carbonyl (C=O) groups is 1. The van der Waals surface area contributed by atoms with E-state index in [9.17, 15) is 4.79 Å². The number of ether oxygens (including phenoxy) is 1. The number of carbonyl (C=O) groups excluding carboxylic acids is 1. The fraction of sp³-hybridized carbons (Fsp3) is 0.364. The largest absolute Gasteiger partial charge is 0.493 e. The Hall–Kier alpha value is -1.35. The van der Waals surface area contributed by atoms with E-state index < -0.39 is 0 Å². The van der Waals surface area contributed by atoms with Crippen molar-refractivity contribution in [1.82, 2.24) is 0 Å². The number of quaternary nitrogens is 1. The molecule has 1 aromatic rings. The van der Waals surface area contributed by atoms with Gasteiger partial charge in [-0.1, -0.05) is 0 Å². The van der Waals surface area contributed by atoms with Crippen molar-refractivity contribution in [2.45, 2.75) is 12.8 Å². The van der Waals surface area contributed by atoms with Crippen LogP contribution in [0.1, 0.15) is 22.3 Å².